The molecule has 0 aromatic carbocycles. The third kappa shape index (κ3) is 1.52. The average Bonchev–Trinajstić information content (AvgIpc) is 3.01. The van der Waals surface area contributed by atoms with Crippen LogP contribution in [0, 0.1) is 61.4 Å². The number of hydrazine groups is 5. The summed E-state index contributed by atoms with van der Waals surface area (Å²) in [6, 6.07) is 0. The third-order valence-electron chi connectivity index (χ3n) is 4.31. The molecule has 3 rings (SSSR count). The maximum absolute atomic E-state index is 12.8. The van der Waals surface area contributed by atoms with Gasteiger partial charge in [-0.05, 0) is 20.0 Å². The lowest BCUT2D eigenvalue weighted by molar-refractivity contribution is -0.710. The Hall–Kier alpha value is -5.32. The van der Waals surface area contributed by atoms with Crippen molar-refractivity contribution in [3.8, 4) is 0 Å². The Labute approximate surface area is 157 Å². The number of amides is 2. The van der Waals surface area contributed by atoms with Gasteiger partial charge in [-0.1, -0.05) is 0 Å². The second-order valence-corrected chi connectivity index (χ2v) is 5.35. The SMILES string of the molecule is N=C1N([N+](=O)[O-])C23C(=O)N([N+](=O)[O-])C(=O)C2(N1[N+](=O)[O-])N([N+](=O)[O-])C(=N)N3[N+](=O)[O-]. The van der Waals surface area contributed by atoms with Crippen LogP contribution in [0.4, 0.5) is 0 Å². The van der Waals surface area contributed by atoms with Gasteiger partial charge < -0.3 is 0 Å². The number of nitrogens with one attached hydrogen (secondary N) is 2. The Morgan fingerprint density at radius 3 is 0.967 bits per heavy atom. The fourth-order valence-corrected chi connectivity index (χ4v) is 3.54. The zero-order chi connectivity index (χ0) is 23.1. The summed E-state index contributed by atoms with van der Waals surface area (Å²) in [6.45, 7) is 0. The van der Waals surface area contributed by atoms with Crippen LogP contribution in [-0.2, 0) is 9.59 Å². The molecule has 0 spiro atoms. The van der Waals surface area contributed by atoms with Crippen LogP contribution in [0.1, 0.15) is 0 Å². The molecule has 24 heteroatoms. The summed E-state index contributed by atoms with van der Waals surface area (Å²) in [6.07, 6.45) is 0. The van der Waals surface area contributed by atoms with Crippen LogP contribution in [0.25, 0.3) is 0 Å². The van der Waals surface area contributed by atoms with Crippen LogP contribution in [0.2, 0.25) is 0 Å². The first kappa shape index (κ1) is 19.4. The van der Waals surface area contributed by atoms with Gasteiger partial charge in [0.25, 0.3) is 0 Å². The topological polar surface area (TPSA) is 314 Å². The predicted octanol–water partition coefficient (Wildman–Crippen LogP) is -4.19. The maximum Gasteiger partial charge on any atom is 0.391 e. The first-order valence-electron chi connectivity index (χ1n) is 6.72. The normalized spacial score (nSPS) is 27.5. The molecule has 0 aliphatic carbocycles. The Morgan fingerprint density at radius 2 is 0.800 bits per heavy atom. The highest BCUT2D eigenvalue weighted by Gasteiger charge is 3.05. The molecule has 3 aliphatic heterocycles. The number of carbonyl (C=O) groups excluding carboxylic acids is 2. The minimum atomic E-state index is -4.21. The molecule has 158 valence electrons. The molecule has 0 atom stereocenters. The highest BCUT2D eigenvalue weighted by molar-refractivity contribution is 6.20. The second-order valence-electron chi connectivity index (χ2n) is 5.35. The zero-order valence-corrected chi connectivity index (χ0v) is 13.4. The minimum absolute atomic E-state index is 1.000. The van der Waals surface area contributed by atoms with Crippen molar-refractivity contribution in [1.82, 2.24) is 25.0 Å². The van der Waals surface area contributed by atoms with Crippen molar-refractivity contribution in [2.75, 3.05) is 0 Å². The van der Waals surface area contributed by atoms with Gasteiger partial charge >= 0.3 is 35.1 Å². The lowest BCUT2D eigenvalue weighted by Crippen LogP contribution is -2.72. The molecule has 3 aliphatic rings. The highest BCUT2D eigenvalue weighted by atomic mass is 16.7. The van der Waals surface area contributed by atoms with E-state index in [2.05, 4.69) is 0 Å². The summed E-state index contributed by atoms with van der Waals surface area (Å²) < 4.78 is 0. The van der Waals surface area contributed by atoms with Crippen LogP contribution in [0.15, 0.2) is 0 Å². The van der Waals surface area contributed by atoms with Gasteiger partial charge in [0, 0.05) is 5.01 Å². The van der Waals surface area contributed by atoms with Gasteiger partial charge in [-0.2, -0.15) is 0 Å². The summed E-state index contributed by atoms with van der Waals surface area (Å²) in [5.74, 6) is -9.20. The van der Waals surface area contributed by atoms with Crippen molar-refractivity contribution in [1.29, 1.82) is 10.8 Å². The van der Waals surface area contributed by atoms with E-state index in [0.717, 1.165) is 0 Å². The summed E-state index contributed by atoms with van der Waals surface area (Å²) >= 11 is 0. The number of rotatable bonds is 5. The smallest absolute Gasteiger partial charge is 0.262 e. The predicted molar refractivity (Wildman–Crippen MR) is 75.1 cm³/mol. The molecule has 2 amide bonds. The molecule has 0 bridgehead atoms. The molecule has 3 saturated heterocycles. The van der Waals surface area contributed by atoms with Crippen molar-refractivity contribution in [2.45, 2.75) is 11.3 Å². The van der Waals surface area contributed by atoms with Crippen LogP contribution in [0.3, 0.4) is 0 Å². The molecule has 24 nitrogen and oxygen atoms in total. The van der Waals surface area contributed by atoms with E-state index in [1.807, 2.05) is 0 Å². The van der Waals surface area contributed by atoms with E-state index >= 15 is 0 Å². The number of hydrogen-bond donors (Lipinski definition) is 2. The first-order chi connectivity index (χ1) is 13.7. The zero-order valence-electron chi connectivity index (χ0n) is 13.4. The van der Waals surface area contributed by atoms with Crippen LogP contribution in [0.5, 0.6) is 0 Å². The molecule has 3 fully saturated rings. The molecule has 30 heavy (non-hydrogen) atoms. The molecule has 0 aromatic heterocycles. The van der Waals surface area contributed by atoms with Gasteiger partial charge in [0.05, 0.1) is 0 Å². The molecular weight excluding hydrogens is 432 g/mol. The number of nitrogens with zero attached hydrogens (tertiary/aromatic N) is 10. The number of imide groups is 1. The van der Waals surface area contributed by atoms with Crippen molar-refractivity contribution in [2.24, 2.45) is 0 Å². The van der Waals surface area contributed by atoms with E-state index in [0.29, 0.717) is 0 Å². The van der Waals surface area contributed by atoms with Gasteiger partial charge in [0.1, 0.15) is 0 Å². The van der Waals surface area contributed by atoms with E-state index in [4.69, 9.17) is 10.8 Å². The Kier molecular flexibility index (Phi) is 3.33. The lowest BCUT2D eigenvalue weighted by atomic mass is 9.97. The van der Waals surface area contributed by atoms with Crippen LogP contribution in [-0.4, -0.2) is 85.3 Å². The second kappa shape index (κ2) is 5.14. The van der Waals surface area contributed by atoms with Crippen molar-refractivity contribution < 1.29 is 34.8 Å². The fourth-order valence-electron chi connectivity index (χ4n) is 3.54. The maximum atomic E-state index is 12.8. The quantitative estimate of drug-likeness (QED) is 0.235. The molecule has 0 unspecified atom stereocenters. The van der Waals surface area contributed by atoms with Crippen molar-refractivity contribution in [3.05, 3.63) is 50.6 Å². The average molecular weight is 434 g/mol. The third-order valence-corrected chi connectivity index (χ3v) is 4.31. The Morgan fingerprint density at radius 1 is 0.567 bits per heavy atom. The standard InChI is InChI=1S/C6H2N12O12/c7-3-10(15(23)24)5-1(19)9(14(21)22)2(20)6(5,12(3)17(27)28)13(18(29)30)4(8)11(5)16(25)26/h7-8H. The molecule has 0 aromatic rings. The fraction of sp³-hybridized carbons (Fsp3) is 0.333. The molecule has 3 heterocycles. The van der Waals surface area contributed by atoms with Gasteiger partial charge in [-0.25, -0.2) is 50.6 Å². The lowest BCUT2D eigenvalue weighted by Gasteiger charge is -2.25. The minimum Gasteiger partial charge on any atom is -0.262 e. The van der Waals surface area contributed by atoms with E-state index in [-0.39, 0.29) is 0 Å². The monoisotopic (exact) mass is 434 g/mol. The van der Waals surface area contributed by atoms with Crippen LogP contribution < -0.4 is 0 Å². The van der Waals surface area contributed by atoms with Gasteiger partial charge in [-0.3, -0.25) is 20.4 Å². The largest absolute Gasteiger partial charge is 0.391 e. The molecule has 0 saturated carbocycles. The summed E-state index contributed by atoms with van der Waals surface area (Å²) in [5, 5.41) is 58.0. The number of carbonyl (C=O) groups is 2. The highest BCUT2D eigenvalue weighted by Crippen LogP contribution is 2.56. The summed E-state index contributed by atoms with van der Waals surface area (Å²) in [5.41, 5.74) is -8.42. The van der Waals surface area contributed by atoms with E-state index in [1.54, 1.807) is 0 Å². The number of nitro groups is 5. The Bertz CT molecular complexity index is 911. The summed E-state index contributed by atoms with van der Waals surface area (Å²) in [7, 11) is 0. The Balaban J connectivity index is 2.64. The first-order valence-corrected chi connectivity index (χ1v) is 6.72. The van der Waals surface area contributed by atoms with Crippen molar-refractivity contribution in [3.63, 3.8) is 0 Å². The molecular formula is C6H2N12O12. The molecule has 0 radical (unpaired) electrons. The van der Waals surface area contributed by atoms with Crippen LogP contribution >= 0.6 is 0 Å². The van der Waals surface area contributed by atoms with E-state index in [1.165, 1.54) is 0 Å². The summed E-state index contributed by atoms with van der Waals surface area (Å²) in [4.78, 5) is 82.8. The van der Waals surface area contributed by atoms with Gasteiger partial charge in [-0.15, -0.1) is 0 Å². The molecule has 2 N–H and O–H groups in total. The van der Waals surface area contributed by atoms with E-state index < -0.39 is 85.3 Å². The number of hydrogen-bond acceptors (Lipinski definition) is 14. The van der Waals surface area contributed by atoms with Crippen molar-refractivity contribution >= 4 is 23.7 Å². The van der Waals surface area contributed by atoms with Gasteiger partial charge in [0.2, 0.25) is 0 Å². The van der Waals surface area contributed by atoms with Gasteiger partial charge in [0.15, 0.2) is 25.2 Å². The van der Waals surface area contributed by atoms with E-state index in [9.17, 15) is 60.2 Å². The number of guanidine groups is 2.